The summed E-state index contributed by atoms with van der Waals surface area (Å²) in [5.41, 5.74) is 0. The number of alkyl halides is 1. The SMILES string of the molecule is O=C(CCl)CC1C=CCC1. The van der Waals surface area contributed by atoms with Gasteiger partial charge in [0.1, 0.15) is 5.78 Å². The molecular weight excluding hydrogens is 148 g/mol. The minimum atomic E-state index is 0.165. The molecule has 0 bridgehead atoms. The summed E-state index contributed by atoms with van der Waals surface area (Å²) >= 11 is 5.36. The molecule has 0 spiro atoms. The van der Waals surface area contributed by atoms with E-state index >= 15 is 0 Å². The zero-order chi connectivity index (χ0) is 7.40. The molecule has 10 heavy (non-hydrogen) atoms. The molecule has 0 saturated heterocycles. The average molecular weight is 159 g/mol. The molecule has 0 heterocycles. The lowest BCUT2D eigenvalue weighted by Gasteiger charge is -2.02. The summed E-state index contributed by atoms with van der Waals surface area (Å²) in [5.74, 6) is 0.814. The van der Waals surface area contributed by atoms with E-state index < -0.39 is 0 Å². The van der Waals surface area contributed by atoms with Crippen molar-refractivity contribution in [3.05, 3.63) is 12.2 Å². The monoisotopic (exact) mass is 158 g/mol. The summed E-state index contributed by atoms with van der Waals surface area (Å²) in [6.07, 6.45) is 7.14. The number of hydrogen-bond donors (Lipinski definition) is 0. The van der Waals surface area contributed by atoms with Gasteiger partial charge in [-0.15, -0.1) is 11.6 Å². The summed E-state index contributed by atoms with van der Waals surface area (Å²) in [5, 5.41) is 0. The van der Waals surface area contributed by atoms with Crippen LogP contribution in [0.4, 0.5) is 0 Å². The van der Waals surface area contributed by atoms with Gasteiger partial charge < -0.3 is 0 Å². The van der Waals surface area contributed by atoms with Crippen molar-refractivity contribution >= 4 is 17.4 Å². The van der Waals surface area contributed by atoms with Crippen LogP contribution in [-0.4, -0.2) is 11.7 Å². The van der Waals surface area contributed by atoms with E-state index in [4.69, 9.17) is 11.6 Å². The molecule has 0 radical (unpaired) electrons. The predicted octanol–water partition coefficient (Wildman–Crippen LogP) is 2.15. The molecule has 0 amide bonds. The van der Waals surface area contributed by atoms with Crippen LogP contribution in [0.3, 0.4) is 0 Å². The zero-order valence-electron chi connectivity index (χ0n) is 5.85. The largest absolute Gasteiger partial charge is 0.298 e. The van der Waals surface area contributed by atoms with Gasteiger partial charge in [-0.05, 0) is 18.8 Å². The molecule has 0 aromatic carbocycles. The van der Waals surface area contributed by atoms with Gasteiger partial charge >= 0.3 is 0 Å². The van der Waals surface area contributed by atoms with Crippen LogP contribution in [0, 0.1) is 5.92 Å². The van der Waals surface area contributed by atoms with E-state index in [1.807, 2.05) is 0 Å². The lowest BCUT2D eigenvalue weighted by atomic mass is 10.0. The maximum Gasteiger partial charge on any atom is 0.148 e. The Morgan fingerprint density at radius 3 is 3.00 bits per heavy atom. The molecular formula is C8H11ClO. The molecule has 0 fully saturated rings. The maximum absolute atomic E-state index is 10.8. The van der Waals surface area contributed by atoms with Crippen molar-refractivity contribution < 1.29 is 4.79 Å². The summed E-state index contributed by atoms with van der Waals surface area (Å²) in [6, 6.07) is 0. The normalized spacial score (nSPS) is 23.5. The Morgan fingerprint density at radius 2 is 2.50 bits per heavy atom. The van der Waals surface area contributed by atoms with Crippen LogP contribution in [0.5, 0.6) is 0 Å². The van der Waals surface area contributed by atoms with Crippen LogP contribution >= 0.6 is 11.6 Å². The van der Waals surface area contributed by atoms with Gasteiger partial charge in [-0.3, -0.25) is 4.79 Å². The van der Waals surface area contributed by atoms with E-state index in [1.165, 1.54) is 0 Å². The summed E-state index contributed by atoms with van der Waals surface area (Å²) in [7, 11) is 0. The number of allylic oxidation sites excluding steroid dienone is 2. The molecule has 0 aromatic heterocycles. The van der Waals surface area contributed by atoms with Crippen molar-refractivity contribution in [3.63, 3.8) is 0 Å². The molecule has 56 valence electrons. The minimum Gasteiger partial charge on any atom is -0.298 e. The molecule has 1 nitrogen and oxygen atoms in total. The molecule has 0 aromatic rings. The molecule has 1 unspecified atom stereocenters. The number of carbonyl (C=O) groups excluding carboxylic acids is 1. The number of Topliss-reactive ketones (excluding diaryl/α,β-unsaturated/α-hetero) is 1. The highest BCUT2D eigenvalue weighted by Gasteiger charge is 2.12. The first-order valence-corrected chi connectivity index (χ1v) is 4.10. The van der Waals surface area contributed by atoms with Crippen molar-refractivity contribution in [2.75, 3.05) is 5.88 Å². The van der Waals surface area contributed by atoms with Crippen LogP contribution in [0.25, 0.3) is 0 Å². The molecule has 1 aliphatic carbocycles. The first-order valence-electron chi connectivity index (χ1n) is 3.57. The average Bonchev–Trinajstić information content (AvgIpc) is 2.40. The maximum atomic E-state index is 10.8. The molecule has 1 aliphatic rings. The highest BCUT2D eigenvalue weighted by molar-refractivity contribution is 6.27. The van der Waals surface area contributed by atoms with Crippen LogP contribution in [0.1, 0.15) is 19.3 Å². The van der Waals surface area contributed by atoms with Gasteiger partial charge in [-0.2, -0.15) is 0 Å². The van der Waals surface area contributed by atoms with Crippen LogP contribution in [0.2, 0.25) is 0 Å². The van der Waals surface area contributed by atoms with Crippen molar-refractivity contribution in [1.82, 2.24) is 0 Å². The summed E-state index contributed by atoms with van der Waals surface area (Å²) in [6.45, 7) is 0. The molecule has 1 rings (SSSR count). The van der Waals surface area contributed by atoms with Gasteiger partial charge in [0.25, 0.3) is 0 Å². The fourth-order valence-electron chi connectivity index (χ4n) is 1.21. The number of hydrogen-bond acceptors (Lipinski definition) is 1. The van der Waals surface area contributed by atoms with Crippen LogP contribution in [-0.2, 0) is 4.79 Å². The second kappa shape index (κ2) is 3.77. The van der Waals surface area contributed by atoms with E-state index in [2.05, 4.69) is 12.2 Å². The smallest absolute Gasteiger partial charge is 0.148 e. The fraction of sp³-hybridized carbons (Fsp3) is 0.625. The van der Waals surface area contributed by atoms with E-state index in [1.54, 1.807) is 0 Å². The lowest BCUT2D eigenvalue weighted by Crippen LogP contribution is -2.05. The van der Waals surface area contributed by atoms with E-state index in [-0.39, 0.29) is 11.7 Å². The molecule has 2 heteroatoms. The third-order valence-electron chi connectivity index (χ3n) is 1.75. The first kappa shape index (κ1) is 7.80. The van der Waals surface area contributed by atoms with E-state index in [9.17, 15) is 4.79 Å². The number of rotatable bonds is 3. The number of ketones is 1. The summed E-state index contributed by atoms with van der Waals surface area (Å²) in [4.78, 5) is 10.8. The van der Waals surface area contributed by atoms with Crippen molar-refractivity contribution in [2.45, 2.75) is 19.3 Å². The van der Waals surface area contributed by atoms with Gasteiger partial charge in [-0.25, -0.2) is 0 Å². The van der Waals surface area contributed by atoms with Gasteiger partial charge in [0.05, 0.1) is 5.88 Å². The highest BCUT2D eigenvalue weighted by Crippen LogP contribution is 2.20. The van der Waals surface area contributed by atoms with E-state index in [0.717, 1.165) is 12.8 Å². The fourth-order valence-corrected chi connectivity index (χ4v) is 1.32. The second-order valence-electron chi connectivity index (χ2n) is 2.64. The Hall–Kier alpha value is -0.300. The first-order chi connectivity index (χ1) is 4.83. The highest BCUT2D eigenvalue weighted by atomic mass is 35.5. The zero-order valence-corrected chi connectivity index (χ0v) is 6.60. The molecule has 0 N–H and O–H groups in total. The van der Waals surface area contributed by atoms with Gasteiger partial charge in [0.15, 0.2) is 0 Å². The third kappa shape index (κ3) is 2.14. The topological polar surface area (TPSA) is 17.1 Å². The van der Waals surface area contributed by atoms with E-state index in [0.29, 0.717) is 12.3 Å². The number of halogens is 1. The number of carbonyl (C=O) groups is 1. The Bertz CT molecular complexity index is 151. The van der Waals surface area contributed by atoms with Crippen molar-refractivity contribution in [3.8, 4) is 0 Å². The molecule has 1 atom stereocenters. The Labute approximate surface area is 66.1 Å². The molecule has 0 saturated carbocycles. The second-order valence-corrected chi connectivity index (χ2v) is 2.91. The Kier molecular flexibility index (Phi) is 2.94. The third-order valence-corrected chi connectivity index (χ3v) is 2.05. The van der Waals surface area contributed by atoms with Gasteiger partial charge in [-0.1, -0.05) is 12.2 Å². The molecule has 0 aliphatic heterocycles. The quantitative estimate of drug-likeness (QED) is 0.455. The lowest BCUT2D eigenvalue weighted by molar-refractivity contribution is -0.117. The summed E-state index contributed by atoms with van der Waals surface area (Å²) < 4.78 is 0. The Balaban J connectivity index is 2.24. The standard InChI is InChI=1S/C8H11ClO/c9-6-8(10)5-7-3-1-2-4-7/h1,3,7H,2,4-6H2. The Morgan fingerprint density at radius 1 is 1.70 bits per heavy atom. The van der Waals surface area contributed by atoms with Crippen LogP contribution in [0.15, 0.2) is 12.2 Å². The predicted molar refractivity (Wildman–Crippen MR) is 42.2 cm³/mol. The van der Waals surface area contributed by atoms with Gasteiger partial charge in [0, 0.05) is 6.42 Å². The van der Waals surface area contributed by atoms with Crippen LogP contribution < -0.4 is 0 Å². The van der Waals surface area contributed by atoms with Crippen molar-refractivity contribution in [2.24, 2.45) is 5.92 Å². The minimum absolute atomic E-state index is 0.165. The van der Waals surface area contributed by atoms with Crippen molar-refractivity contribution in [1.29, 1.82) is 0 Å². The van der Waals surface area contributed by atoms with Gasteiger partial charge in [0.2, 0.25) is 0 Å².